The highest BCUT2D eigenvalue weighted by Gasteiger charge is 2.58. The summed E-state index contributed by atoms with van der Waals surface area (Å²) >= 11 is 0. The lowest BCUT2D eigenvalue weighted by Gasteiger charge is -2.26. The molecule has 1 heterocycles. The van der Waals surface area contributed by atoms with E-state index in [2.05, 4.69) is 9.47 Å². The summed E-state index contributed by atoms with van der Waals surface area (Å²) in [5.74, 6) is 0.00354. The van der Waals surface area contributed by atoms with Crippen LogP contribution in [0.25, 0.3) is 0 Å². The summed E-state index contributed by atoms with van der Waals surface area (Å²) < 4.78 is 49.9. The first kappa shape index (κ1) is 13.6. The summed E-state index contributed by atoms with van der Waals surface area (Å²) in [6.07, 6.45) is 2.25. The summed E-state index contributed by atoms with van der Waals surface area (Å²) in [4.78, 5) is 0. The maximum atomic E-state index is 13.6. The van der Waals surface area contributed by atoms with Gasteiger partial charge in [-0.3, -0.25) is 0 Å². The molecular formula is C12H14F3O2P. The fourth-order valence-corrected chi connectivity index (χ4v) is 1.85. The third-order valence-corrected chi connectivity index (χ3v) is 3.36. The third-order valence-electron chi connectivity index (χ3n) is 2.86. The Kier molecular flexibility index (Phi) is 3.56. The van der Waals surface area contributed by atoms with Crippen molar-refractivity contribution in [2.45, 2.75) is 31.5 Å². The molecule has 0 saturated carbocycles. The molecule has 0 saturated heterocycles. The second kappa shape index (κ2) is 4.71. The van der Waals surface area contributed by atoms with Crippen LogP contribution < -0.4 is 0 Å². The zero-order chi connectivity index (χ0) is 13.4. The molecule has 2 nitrogen and oxygen atoms in total. The molecule has 1 aliphatic heterocycles. The van der Waals surface area contributed by atoms with Crippen molar-refractivity contribution in [3.8, 4) is 0 Å². The predicted molar refractivity (Wildman–Crippen MR) is 64.7 cm³/mol. The van der Waals surface area contributed by atoms with Crippen LogP contribution in [0, 0.1) is 0 Å². The van der Waals surface area contributed by atoms with Crippen molar-refractivity contribution in [2.24, 2.45) is 0 Å². The van der Waals surface area contributed by atoms with E-state index in [1.54, 1.807) is 0 Å². The van der Waals surface area contributed by atoms with Crippen molar-refractivity contribution in [1.29, 1.82) is 0 Å². The fourth-order valence-electron chi connectivity index (χ4n) is 1.71. The minimum absolute atomic E-state index is 0.00354. The van der Waals surface area contributed by atoms with Crippen LogP contribution >= 0.6 is 9.24 Å². The number of hydrogen-bond donors (Lipinski definition) is 0. The summed E-state index contributed by atoms with van der Waals surface area (Å²) in [5.41, 5.74) is -1.84. The molecule has 6 heteroatoms. The number of rotatable bonds is 1. The average Bonchev–Trinajstić information content (AvgIpc) is 2.51. The molecule has 0 aromatic rings. The van der Waals surface area contributed by atoms with Crippen molar-refractivity contribution >= 4 is 9.24 Å². The largest absolute Gasteiger partial charge is 0.463 e. The SMILES string of the molecule is CCC1=CC2=C(CC=C1)COC(F)(P)C(F)(F)O2. The highest BCUT2D eigenvalue weighted by molar-refractivity contribution is 7.18. The van der Waals surface area contributed by atoms with Gasteiger partial charge in [0.1, 0.15) is 5.76 Å². The van der Waals surface area contributed by atoms with E-state index in [9.17, 15) is 13.2 Å². The van der Waals surface area contributed by atoms with Crippen LogP contribution in [0.4, 0.5) is 13.2 Å². The summed E-state index contributed by atoms with van der Waals surface area (Å²) in [6.45, 7) is 1.69. The van der Waals surface area contributed by atoms with E-state index in [1.807, 2.05) is 19.1 Å². The van der Waals surface area contributed by atoms with Crippen LogP contribution in [0.2, 0.25) is 0 Å². The van der Waals surface area contributed by atoms with Gasteiger partial charge >= 0.3 is 11.7 Å². The maximum absolute atomic E-state index is 13.6. The molecule has 0 bridgehead atoms. The van der Waals surface area contributed by atoms with Crippen molar-refractivity contribution in [1.82, 2.24) is 0 Å². The Morgan fingerprint density at radius 1 is 1.39 bits per heavy atom. The van der Waals surface area contributed by atoms with E-state index in [-0.39, 0.29) is 12.4 Å². The number of alkyl halides is 3. The Hall–Kier alpha value is -0.800. The molecule has 2 atom stereocenters. The molecule has 2 rings (SSSR count). The standard InChI is InChI=1S/C12H14F3O2P/c1-2-8-4-3-5-9-7-16-12(15,18)11(13,14)17-10(9)6-8/h3-4,6H,2,5,7,18H2,1H3. The van der Waals surface area contributed by atoms with Crippen LogP contribution in [-0.4, -0.2) is 18.3 Å². The molecule has 0 fully saturated rings. The molecule has 100 valence electrons. The molecule has 18 heavy (non-hydrogen) atoms. The molecule has 0 aromatic heterocycles. The first-order valence-electron chi connectivity index (χ1n) is 5.63. The molecule has 0 aromatic carbocycles. The quantitative estimate of drug-likeness (QED) is 0.681. The van der Waals surface area contributed by atoms with Crippen molar-refractivity contribution in [3.63, 3.8) is 0 Å². The minimum atomic E-state index is -4.03. The molecule has 0 radical (unpaired) electrons. The Morgan fingerprint density at radius 3 is 2.78 bits per heavy atom. The van der Waals surface area contributed by atoms with Gasteiger partial charge in [0.25, 0.3) is 0 Å². The lowest BCUT2D eigenvalue weighted by molar-refractivity contribution is -0.323. The van der Waals surface area contributed by atoms with Gasteiger partial charge in [-0.2, -0.15) is 13.2 Å². The zero-order valence-electron chi connectivity index (χ0n) is 9.88. The molecule has 0 amide bonds. The number of ether oxygens (including phenoxy) is 2. The van der Waals surface area contributed by atoms with E-state index >= 15 is 0 Å². The Bertz CT molecular complexity index is 439. The molecule has 0 spiro atoms. The molecular weight excluding hydrogens is 264 g/mol. The van der Waals surface area contributed by atoms with E-state index in [1.165, 1.54) is 15.3 Å². The van der Waals surface area contributed by atoms with Crippen LogP contribution in [0.5, 0.6) is 0 Å². The Balaban J connectivity index is 2.37. The van der Waals surface area contributed by atoms with Gasteiger partial charge in [-0.15, -0.1) is 0 Å². The van der Waals surface area contributed by atoms with Gasteiger partial charge in [0.05, 0.1) is 6.61 Å². The Morgan fingerprint density at radius 2 is 2.11 bits per heavy atom. The van der Waals surface area contributed by atoms with E-state index < -0.39 is 11.7 Å². The van der Waals surface area contributed by atoms with Crippen LogP contribution in [0.3, 0.4) is 0 Å². The molecule has 2 unspecified atom stereocenters. The summed E-state index contributed by atoms with van der Waals surface area (Å²) in [5, 5.41) is 0. The van der Waals surface area contributed by atoms with E-state index in [0.29, 0.717) is 18.4 Å². The maximum Gasteiger partial charge on any atom is 0.463 e. The second-order valence-corrected chi connectivity index (χ2v) is 4.94. The van der Waals surface area contributed by atoms with Gasteiger partial charge in [0.15, 0.2) is 0 Å². The summed E-state index contributed by atoms with van der Waals surface area (Å²) in [6, 6.07) is 0. The van der Waals surface area contributed by atoms with Crippen LogP contribution in [-0.2, 0) is 9.47 Å². The normalized spacial score (nSPS) is 31.1. The summed E-state index contributed by atoms with van der Waals surface area (Å²) in [7, 11) is 1.36. The monoisotopic (exact) mass is 278 g/mol. The third kappa shape index (κ3) is 2.47. The van der Waals surface area contributed by atoms with Gasteiger partial charge < -0.3 is 9.47 Å². The number of halogens is 3. The predicted octanol–water partition coefficient (Wildman–Crippen LogP) is 3.67. The van der Waals surface area contributed by atoms with Gasteiger partial charge in [0.2, 0.25) is 0 Å². The molecule has 1 aliphatic carbocycles. The first-order chi connectivity index (χ1) is 8.36. The van der Waals surface area contributed by atoms with Crippen LogP contribution in [0.1, 0.15) is 19.8 Å². The first-order valence-corrected chi connectivity index (χ1v) is 6.21. The topological polar surface area (TPSA) is 18.5 Å². The molecule has 0 N–H and O–H groups in total. The lowest BCUT2D eigenvalue weighted by Crippen LogP contribution is -2.42. The highest BCUT2D eigenvalue weighted by atomic mass is 31.0. The van der Waals surface area contributed by atoms with E-state index in [0.717, 1.165) is 5.57 Å². The molecule has 2 aliphatic rings. The fraction of sp³-hybridized carbons (Fsp3) is 0.500. The Labute approximate surface area is 106 Å². The zero-order valence-corrected chi connectivity index (χ0v) is 11.0. The number of hydrogen-bond acceptors (Lipinski definition) is 2. The van der Waals surface area contributed by atoms with Crippen molar-refractivity contribution < 1.29 is 22.6 Å². The smallest absolute Gasteiger partial charge is 0.428 e. The van der Waals surface area contributed by atoms with Gasteiger partial charge in [-0.05, 0) is 24.5 Å². The van der Waals surface area contributed by atoms with Gasteiger partial charge in [0, 0.05) is 5.57 Å². The average molecular weight is 278 g/mol. The van der Waals surface area contributed by atoms with Crippen LogP contribution in [0.15, 0.2) is 35.1 Å². The second-order valence-electron chi connectivity index (χ2n) is 4.20. The number of allylic oxidation sites excluding steroid dienone is 4. The van der Waals surface area contributed by atoms with Gasteiger partial charge in [-0.1, -0.05) is 28.3 Å². The lowest BCUT2D eigenvalue weighted by atomic mass is 10.1. The van der Waals surface area contributed by atoms with Gasteiger partial charge in [-0.25, -0.2) is 0 Å². The minimum Gasteiger partial charge on any atom is -0.428 e. The van der Waals surface area contributed by atoms with Crippen molar-refractivity contribution in [2.75, 3.05) is 6.61 Å². The highest BCUT2D eigenvalue weighted by Crippen LogP contribution is 2.45. The van der Waals surface area contributed by atoms with E-state index in [4.69, 9.17) is 0 Å². The van der Waals surface area contributed by atoms with Crippen molar-refractivity contribution in [3.05, 3.63) is 35.1 Å².